The van der Waals surface area contributed by atoms with Crippen LogP contribution in [-0.4, -0.2) is 59.4 Å². The van der Waals surface area contributed by atoms with Crippen LogP contribution in [0.4, 0.5) is 0 Å². The monoisotopic (exact) mass is 262 g/mol. The maximum absolute atomic E-state index is 10.3. The van der Waals surface area contributed by atoms with E-state index in [4.69, 9.17) is 18.9 Å². The number of hydrogen-bond donors (Lipinski definition) is 2. The third kappa shape index (κ3) is 2.84. The fourth-order valence-electron chi connectivity index (χ4n) is 2.39. The van der Waals surface area contributed by atoms with Crippen LogP contribution in [-0.2, 0) is 18.9 Å². The molecule has 0 amide bonds. The maximum Gasteiger partial charge on any atom is 0.164 e. The number of ether oxygens (including phenoxy) is 4. The molecule has 18 heavy (non-hydrogen) atoms. The third-order valence-corrected chi connectivity index (χ3v) is 3.15. The first-order chi connectivity index (χ1) is 8.24. The Morgan fingerprint density at radius 2 is 1.78 bits per heavy atom. The average Bonchev–Trinajstić information content (AvgIpc) is 2.77. The van der Waals surface area contributed by atoms with Crippen LogP contribution in [0.3, 0.4) is 0 Å². The molecule has 0 radical (unpaired) electrons. The number of rotatable bonds is 3. The van der Waals surface area contributed by atoms with E-state index in [1.807, 2.05) is 0 Å². The highest BCUT2D eigenvalue weighted by molar-refractivity contribution is 4.91. The van der Waals surface area contributed by atoms with Crippen LogP contribution in [0.1, 0.15) is 27.7 Å². The average molecular weight is 262 g/mol. The topological polar surface area (TPSA) is 77.4 Å². The minimum atomic E-state index is -0.898. The Kier molecular flexibility index (Phi) is 3.70. The zero-order valence-corrected chi connectivity index (χ0v) is 11.3. The van der Waals surface area contributed by atoms with Gasteiger partial charge in [-0.3, -0.25) is 0 Å². The van der Waals surface area contributed by atoms with Gasteiger partial charge >= 0.3 is 0 Å². The lowest BCUT2D eigenvalue weighted by Gasteiger charge is -2.26. The van der Waals surface area contributed by atoms with Crippen molar-refractivity contribution >= 4 is 0 Å². The lowest BCUT2D eigenvalue weighted by molar-refractivity contribution is -0.178. The van der Waals surface area contributed by atoms with Crippen LogP contribution in [0.25, 0.3) is 0 Å². The Morgan fingerprint density at radius 1 is 1.11 bits per heavy atom. The standard InChI is InChI=1S/C12H22O6/c1-11(2)15-6-8(17-11)9(14)10-7(5-13)16-12(3,4)18-10/h7-10,13-14H,5-6H2,1-4H3/t7-,8-,9+,10+/m1/s1. The summed E-state index contributed by atoms with van der Waals surface area (Å²) in [5.41, 5.74) is 0. The van der Waals surface area contributed by atoms with Gasteiger partial charge in [0.25, 0.3) is 0 Å². The van der Waals surface area contributed by atoms with Gasteiger partial charge in [0, 0.05) is 0 Å². The first-order valence-corrected chi connectivity index (χ1v) is 6.20. The van der Waals surface area contributed by atoms with E-state index in [9.17, 15) is 10.2 Å². The Labute approximate surface area is 107 Å². The first kappa shape index (κ1) is 14.2. The molecule has 0 aromatic rings. The van der Waals surface area contributed by atoms with E-state index in [1.54, 1.807) is 27.7 Å². The maximum atomic E-state index is 10.3. The van der Waals surface area contributed by atoms with Crippen molar-refractivity contribution in [3.8, 4) is 0 Å². The molecule has 0 spiro atoms. The fourth-order valence-corrected chi connectivity index (χ4v) is 2.39. The van der Waals surface area contributed by atoms with Crippen molar-refractivity contribution in [2.45, 2.75) is 63.7 Å². The molecule has 0 unspecified atom stereocenters. The van der Waals surface area contributed by atoms with Crippen molar-refractivity contribution in [3.05, 3.63) is 0 Å². The fraction of sp³-hybridized carbons (Fsp3) is 1.00. The van der Waals surface area contributed by atoms with Crippen molar-refractivity contribution in [2.75, 3.05) is 13.2 Å². The summed E-state index contributed by atoms with van der Waals surface area (Å²) in [6, 6.07) is 0. The van der Waals surface area contributed by atoms with E-state index >= 15 is 0 Å². The largest absolute Gasteiger partial charge is 0.394 e. The second kappa shape index (κ2) is 4.70. The van der Waals surface area contributed by atoms with Gasteiger partial charge in [-0.1, -0.05) is 0 Å². The van der Waals surface area contributed by atoms with E-state index in [0.29, 0.717) is 6.61 Å². The smallest absolute Gasteiger partial charge is 0.164 e. The van der Waals surface area contributed by atoms with E-state index in [2.05, 4.69) is 0 Å². The van der Waals surface area contributed by atoms with Crippen molar-refractivity contribution < 1.29 is 29.2 Å². The van der Waals surface area contributed by atoms with E-state index in [1.165, 1.54) is 0 Å². The van der Waals surface area contributed by atoms with Crippen molar-refractivity contribution in [2.24, 2.45) is 0 Å². The third-order valence-electron chi connectivity index (χ3n) is 3.15. The summed E-state index contributed by atoms with van der Waals surface area (Å²) < 4.78 is 22.1. The summed E-state index contributed by atoms with van der Waals surface area (Å²) in [5, 5.41) is 19.6. The molecule has 0 aliphatic carbocycles. The van der Waals surface area contributed by atoms with Crippen LogP contribution in [0.15, 0.2) is 0 Å². The SMILES string of the molecule is CC1(C)OC[C@H]([C@H](O)[C@H]2OC(C)(C)O[C@@H]2CO)O1. The minimum absolute atomic E-state index is 0.206. The molecule has 6 heteroatoms. The molecule has 2 heterocycles. The van der Waals surface area contributed by atoms with E-state index < -0.39 is 36.0 Å². The predicted octanol–water partition coefficient (Wildman–Crippen LogP) is 0.0112. The molecular weight excluding hydrogens is 240 g/mol. The second-order valence-electron chi connectivity index (χ2n) is 5.68. The lowest BCUT2D eigenvalue weighted by Crippen LogP contribution is -2.45. The molecule has 2 saturated heterocycles. The number of hydrogen-bond acceptors (Lipinski definition) is 6. The van der Waals surface area contributed by atoms with E-state index in [-0.39, 0.29) is 6.61 Å². The van der Waals surface area contributed by atoms with Gasteiger partial charge in [-0.25, -0.2) is 0 Å². The highest BCUT2D eigenvalue weighted by Crippen LogP contribution is 2.33. The summed E-state index contributed by atoms with van der Waals surface area (Å²) in [4.78, 5) is 0. The Morgan fingerprint density at radius 3 is 2.28 bits per heavy atom. The zero-order valence-electron chi connectivity index (χ0n) is 11.3. The highest BCUT2D eigenvalue weighted by atomic mass is 16.8. The quantitative estimate of drug-likeness (QED) is 0.746. The zero-order chi connectivity index (χ0) is 13.6. The number of aliphatic hydroxyl groups is 2. The van der Waals surface area contributed by atoms with Crippen LogP contribution < -0.4 is 0 Å². The molecule has 2 rings (SSSR count). The molecule has 0 aromatic carbocycles. The van der Waals surface area contributed by atoms with Crippen molar-refractivity contribution in [3.63, 3.8) is 0 Å². The van der Waals surface area contributed by atoms with Crippen LogP contribution in [0.2, 0.25) is 0 Å². The molecule has 4 atom stereocenters. The van der Waals surface area contributed by atoms with Crippen molar-refractivity contribution in [1.29, 1.82) is 0 Å². The molecule has 2 aliphatic heterocycles. The van der Waals surface area contributed by atoms with Crippen molar-refractivity contribution in [1.82, 2.24) is 0 Å². The van der Waals surface area contributed by atoms with Gasteiger partial charge < -0.3 is 29.2 Å². The second-order valence-corrected chi connectivity index (χ2v) is 5.68. The van der Waals surface area contributed by atoms with Gasteiger partial charge in [0.1, 0.15) is 24.4 Å². The molecule has 0 aromatic heterocycles. The minimum Gasteiger partial charge on any atom is -0.394 e. The van der Waals surface area contributed by atoms with Gasteiger partial charge in [0.15, 0.2) is 11.6 Å². The van der Waals surface area contributed by atoms with Gasteiger partial charge in [0.2, 0.25) is 0 Å². The Bertz CT molecular complexity index is 303. The summed E-state index contributed by atoms with van der Waals surface area (Å²) in [6.45, 7) is 7.17. The molecule has 106 valence electrons. The Balaban J connectivity index is 2.02. The molecule has 0 saturated carbocycles. The van der Waals surface area contributed by atoms with Gasteiger partial charge in [-0.2, -0.15) is 0 Å². The molecular formula is C12H22O6. The van der Waals surface area contributed by atoms with Gasteiger partial charge in [-0.05, 0) is 27.7 Å². The predicted molar refractivity (Wildman–Crippen MR) is 61.8 cm³/mol. The molecule has 2 N–H and O–H groups in total. The summed E-state index contributed by atoms with van der Waals surface area (Å²) in [7, 11) is 0. The first-order valence-electron chi connectivity index (χ1n) is 6.20. The normalized spacial score (nSPS) is 40.0. The van der Waals surface area contributed by atoms with E-state index in [0.717, 1.165) is 0 Å². The number of aliphatic hydroxyl groups excluding tert-OH is 2. The summed E-state index contributed by atoms with van der Waals surface area (Å²) >= 11 is 0. The van der Waals surface area contributed by atoms with Gasteiger partial charge in [0.05, 0.1) is 13.2 Å². The van der Waals surface area contributed by atoms with Crippen LogP contribution >= 0.6 is 0 Å². The molecule has 0 bridgehead atoms. The summed E-state index contributed by atoms with van der Waals surface area (Å²) in [5.74, 6) is -1.51. The van der Waals surface area contributed by atoms with Crippen LogP contribution in [0, 0.1) is 0 Å². The lowest BCUT2D eigenvalue weighted by atomic mass is 10.0. The molecule has 6 nitrogen and oxygen atoms in total. The highest BCUT2D eigenvalue weighted by Gasteiger charge is 2.49. The molecule has 2 fully saturated rings. The molecule has 2 aliphatic rings. The Hall–Kier alpha value is -0.240. The van der Waals surface area contributed by atoms with Crippen LogP contribution in [0.5, 0.6) is 0 Å². The van der Waals surface area contributed by atoms with Gasteiger partial charge in [-0.15, -0.1) is 0 Å². The summed E-state index contributed by atoms with van der Waals surface area (Å²) in [6.07, 6.45) is -2.54.